The van der Waals surface area contributed by atoms with Crippen LogP contribution in [0.5, 0.6) is 0 Å². The van der Waals surface area contributed by atoms with Crippen molar-refractivity contribution in [2.24, 2.45) is 0 Å². The number of aryl methyl sites for hydroxylation is 3. The van der Waals surface area contributed by atoms with Crippen LogP contribution in [0.25, 0.3) is 0 Å². The second-order valence-electron chi connectivity index (χ2n) is 7.29. The zero-order chi connectivity index (χ0) is 21.0. The summed E-state index contributed by atoms with van der Waals surface area (Å²) in [7, 11) is 0. The fourth-order valence-electron chi connectivity index (χ4n) is 3.54. The monoisotopic (exact) mass is 399 g/mol. The molecule has 1 aliphatic rings. The number of imidazole rings is 1. The molecule has 0 unspecified atom stereocenters. The summed E-state index contributed by atoms with van der Waals surface area (Å²) in [5.74, 6) is 0.233. The molecule has 2 heterocycles. The van der Waals surface area contributed by atoms with Crippen molar-refractivity contribution in [2.45, 2.75) is 45.7 Å². The van der Waals surface area contributed by atoms with E-state index in [0.717, 1.165) is 5.56 Å². The summed E-state index contributed by atoms with van der Waals surface area (Å²) < 4.78 is 1.63. The van der Waals surface area contributed by atoms with Crippen molar-refractivity contribution in [3.8, 4) is 0 Å². The third-order valence-corrected chi connectivity index (χ3v) is 5.29. The Morgan fingerprint density at radius 1 is 1.24 bits per heavy atom. The Morgan fingerprint density at radius 2 is 1.93 bits per heavy atom. The van der Waals surface area contributed by atoms with E-state index in [1.807, 2.05) is 31.2 Å². The van der Waals surface area contributed by atoms with E-state index in [0.29, 0.717) is 43.9 Å². The van der Waals surface area contributed by atoms with Gasteiger partial charge in [0, 0.05) is 44.6 Å². The first-order valence-electron chi connectivity index (χ1n) is 9.67. The Morgan fingerprint density at radius 3 is 2.55 bits per heavy atom. The Kier molecular flexibility index (Phi) is 6.26. The average Bonchev–Trinajstić information content (AvgIpc) is 3.08. The van der Waals surface area contributed by atoms with Gasteiger partial charge in [0.25, 0.3) is 5.91 Å². The molecule has 0 radical (unpaired) electrons. The number of carbonyl (C=O) groups excluding carboxylic acids is 2. The zero-order valence-corrected chi connectivity index (χ0v) is 16.6. The highest BCUT2D eigenvalue weighted by atomic mass is 16.6. The number of nitrogens with zero attached hydrogens (tertiary/aromatic N) is 4. The molecule has 154 valence electrons. The first-order chi connectivity index (χ1) is 13.8. The van der Waals surface area contributed by atoms with Crippen LogP contribution in [0.2, 0.25) is 0 Å². The lowest BCUT2D eigenvalue weighted by Crippen LogP contribution is -2.46. The standard InChI is InChI=1S/C20H25N5O4/c1-14-5-3-4-6-17(14)20(27)22-16-7-10-23(11-8-16)19(26)9-12-24-13-18(25(28)29)21-15(24)2/h3-6,13,16H,7-12H2,1-2H3,(H,22,27). The molecule has 9 nitrogen and oxygen atoms in total. The number of carbonyl (C=O) groups is 2. The number of nitro groups is 1. The highest BCUT2D eigenvalue weighted by molar-refractivity contribution is 5.95. The van der Waals surface area contributed by atoms with Crippen molar-refractivity contribution in [1.82, 2.24) is 19.8 Å². The molecule has 1 aromatic carbocycles. The quantitative estimate of drug-likeness (QED) is 0.591. The summed E-state index contributed by atoms with van der Waals surface area (Å²) in [6.45, 7) is 5.11. The lowest BCUT2D eigenvalue weighted by molar-refractivity contribution is -0.389. The van der Waals surface area contributed by atoms with Crippen LogP contribution in [-0.2, 0) is 11.3 Å². The van der Waals surface area contributed by atoms with E-state index in [2.05, 4.69) is 10.3 Å². The molecule has 1 aromatic heterocycles. The van der Waals surface area contributed by atoms with E-state index in [1.165, 1.54) is 6.20 Å². The minimum absolute atomic E-state index is 0.00411. The summed E-state index contributed by atoms with van der Waals surface area (Å²) in [6.07, 6.45) is 3.03. The van der Waals surface area contributed by atoms with Gasteiger partial charge in [-0.3, -0.25) is 9.59 Å². The SMILES string of the molecule is Cc1ccccc1C(=O)NC1CCN(C(=O)CCn2cc([N+](=O)[O-])nc2C)CC1. The van der Waals surface area contributed by atoms with Gasteiger partial charge in [0.2, 0.25) is 11.7 Å². The molecule has 1 saturated heterocycles. The van der Waals surface area contributed by atoms with E-state index >= 15 is 0 Å². The molecule has 1 aliphatic heterocycles. The van der Waals surface area contributed by atoms with Crippen LogP contribution in [-0.4, -0.2) is 50.3 Å². The minimum Gasteiger partial charge on any atom is -0.358 e. The van der Waals surface area contributed by atoms with Gasteiger partial charge in [-0.2, -0.15) is 0 Å². The molecule has 2 aromatic rings. The van der Waals surface area contributed by atoms with Gasteiger partial charge < -0.3 is 24.9 Å². The van der Waals surface area contributed by atoms with Gasteiger partial charge in [0.05, 0.1) is 0 Å². The van der Waals surface area contributed by atoms with Crippen LogP contribution in [0, 0.1) is 24.0 Å². The van der Waals surface area contributed by atoms with E-state index in [-0.39, 0.29) is 30.1 Å². The van der Waals surface area contributed by atoms with Crippen LogP contribution < -0.4 is 5.32 Å². The maximum absolute atomic E-state index is 12.5. The van der Waals surface area contributed by atoms with E-state index < -0.39 is 4.92 Å². The van der Waals surface area contributed by atoms with Crippen molar-refractivity contribution in [3.05, 3.63) is 57.5 Å². The fraction of sp³-hybridized carbons (Fsp3) is 0.450. The Balaban J connectivity index is 1.46. The van der Waals surface area contributed by atoms with Gasteiger partial charge >= 0.3 is 5.82 Å². The first kappa shape index (κ1) is 20.5. The number of amides is 2. The second-order valence-corrected chi connectivity index (χ2v) is 7.29. The van der Waals surface area contributed by atoms with Crippen molar-refractivity contribution in [3.63, 3.8) is 0 Å². The van der Waals surface area contributed by atoms with Crippen LogP contribution in [0.1, 0.15) is 41.0 Å². The summed E-state index contributed by atoms with van der Waals surface area (Å²) in [6, 6.07) is 7.52. The smallest absolute Gasteiger partial charge is 0.358 e. The van der Waals surface area contributed by atoms with Crippen molar-refractivity contribution >= 4 is 17.6 Å². The molecule has 29 heavy (non-hydrogen) atoms. The predicted molar refractivity (Wildman–Crippen MR) is 106 cm³/mol. The van der Waals surface area contributed by atoms with Crippen LogP contribution >= 0.6 is 0 Å². The highest BCUT2D eigenvalue weighted by Gasteiger charge is 2.25. The van der Waals surface area contributed by atoms with Crippen LogP contribution in [0.4, 0.5) is 5.82 Å². The zero-order valence-electron chi connectivity index (χ0n) is 16.6. The molecule has 2 amide bonds. The van der Waals surface area contributed by atoms with Crippen molar-refractivity contribution in [2.75, 3.05) is 13.1 Å². The van der Waals surface area contributed by atoms with Crippen molar-refractivity contribution < 1.29 is 14.5 Å². The average molecular weight is 399 g/mol. The molecular weight excluding hydrogens is 374 g/mol. The molecule has 0 atom stereocenters. The summed E-state index contributed by atoms with van der Waals surface area (Å²) in [4.78, 5) is 40.8. The minimum atomic E-state index is -0.540. The maximum atomic E-state index is 12.5. The number of aromatic nitrogens is 2. The number of nitrogens with one attached hydrogen (secondary N) is 1. The highest BCUT2D eigenvalue weighted by Crippen LogP contribution is 2.15. The second kappa shape index (κ2) is 8.85. The number of hydrogen-bond acceptors (Lipinski definition) is 5. The predicted octanol–water partition coefficient (Wildman–Crippen LogP) is 2.22. The normalized spacial score (nSPS) is 14.6. The van der Waals surface area contributed by atoms with Crippen LogP contribution in [0.3, 0.4) is 0 Å². The van der Waals surface area contributed by atoms with Gasteiger partial charge in [0.15, 0.2) is 0 Å². The van der Waals surface area contributed by atoms with Crippen molar-refractivity contribution in [1.29, 1.82) is 0 Å². The summed E-state index contributed by atoms with van der Waals surface area (Å²) in [5, 5.41) is 13.9. The number of hydrogen-bond donors (Lipinski definition) is 1. The Bertz CT molecular complexity index is 915. The summed E-state index contributed by atoms with van der Waals surface area (Å²) >= 11 is 0. The largest absolute Gasteiger partial charge is 0.381 e. The number of rotatable bonds is 6. The molecule has 1 fully saturated rings. The molecule has 0 saturated carbocycles. The third kappa shape index (κ3) is 4.98. The molecule has 1 N–H and O–H groups in total. The Hall–Kier alpha value is -3.23. The topological polar surface area (TPSA) is 110 Å². The van der Waals surface area contributed by atoms with Gasteiger partial charge in [-0.15, -0.1) is 0 Å². The van der Waals surface area contributed by atoms with E-state index in [9.17, 15) is 19.7 Å². The van der Waals surface area contributed by atoms with E-state index in [4.69, 9.17) is 0 Å². The van der Waals surface area contributed by atoms with Gasteiger partial charge in [0.1, 0.15) is 6.20 Å². The molecule has 9 heteroatoms. The number of benzene rings is 1. The fourth-order valence-corrected chi connectivity index (χ4v) is 3.54. The van der Waals surface area contributed by atoms with Gasteiger partial charge in [-0.1, -0.05) is 18.2 Å². The summed E-state index contributed by atoms with van der Waals surface area (Å²) in [5.41, 5.74) is 1.61. The number of likely N-dealkylation sites (tertiary alicyclic amines) is 1. The first-order valence-corrected chi connectivity index (χ1v) is 9.67. The molecule has 0 spiro atoms. The lowest BCUT2D eigenvalue weighted by atomic mass is 10.0. The lowest BCUT2D eigenvalue weighted by Gasteiger charge is -2.32. The van der Waals surface area contributed by atoms with Gasteiger partial charge in [-0.05, 0) is 41.3 Å². The molecule has 3 rings (SSSR count). The van der Waals surface area contributed by atoms with Gasteiger partial charge in [-0.25, -0.2) is 0 Å². The number of piperidine rings is 1. The maximum Gasteiger partial charge on any atom is 0.381 e. The molecule has 0 aliphatic carbocycles. The van der Waals surface area contributed by atoms with Crippen LogP contribution in [0.15, 0.2) is 30.5 Å². The van der Waals surface area contributed by atoms with E-state index in [1.54, 1.807) is 16.4 Å². The Labute approximate surface area is 168 Å². The molecule has 0 bridgehead atoms. The molecular formula is C20H25N5O4. The third-order valence-electron chi connectivity index (χ3n) is 5.29.